The van der Waals surface area contributed by atoms with Crippen molar-refractivity contribution in [2.24, 2.45) is 23.7 Å². The van der Waals surface area contributed by atoms with E-state index in [1.807, 2.05) is 0 Å². The second-order valence-corrected chi connectivity index (χ2v) is 6.07. The molecule has 4 atom stereocenters. The first-order valence-electron chi connectivity index (χ1n) is 7.35. The molecule has 1 saturated carbocycles. The molecule has 0 bridgehead atoms. The van der Waals surface area contributed by atoms with Crippen molar-refractivity contribution in [2.45, 2.75) is 59.8 Å². The van der Waals surface area contributed by atoms with Crippen molar-refractivity contribution in [2.75, 3.05) is 13.1 Å². The van der Waals surface area contributed by atoms with Crippen LogP contribution < -0.4 is 5.32 Å². The van der Waals surface area contributed by atoms with Crippen LogP contribution in [0.4, 0.5) is 0 Å². The van der Waals surface area contributed by atoms with Gasteiger partial charge in [-0.15, -0.1) is 0 Å². The van der Waals surface area contributed by atoms with Crippen LogP contribution >= 0.6 is 0 Å². The quantitative estimate of drug-likeness (QED) is 0.672. The lowest BCUT2D eigenvalue weighted by Gasteiger charge is -2.34. The smallest absolute Gasteiger partial charge is 0.00205 e. The molecule has 1 fully saturated rings. The van der Waals surface area contributed by atoms with E-state index in [0.717, 1.165) is 23.7 Å². The molecule has 16 heavy (non-hydrogen) atoms. The molecule has 1 N–H and O–H groups in total. The van der Waals surface area contributed by atoms with Gasteiger partial charge in [0, 0.05) is 0 Å². The molecule has 1 aliphatic carbocycles. The maximum Gasteiger partial charge on any atom is -0.00205 e. The van der Waals surface area contributed by atoms with Crippen molar-refractivity contribution in [1.29, 1.82) is 0 Å². The lowest BCUT2D eigenvalue weighted by atomic mass is 9.72. The van der Waals surface area contributed by atoms with Gasteiger partial charge in [-0.2, -0.15) is 0 Å². The SMILES string of the molecule is CCCNCC(C)C(C)C1CCCC(C)C1. The minimum atomic E-state index is 0.835. The Hall–Kier alpha value is -0.0400. The molecule has 1 nitrogen and oxygen atoms in total. The minimum absolute atomic E-state index is 0.835. The fourth-order valence-corrected chi connectivity index (χ4v) is 3.12. The lowest BCUT2D eigenvalue weighted by Crippen LogP contribution is -2.31. The van der Waals surface area contributed by atoms with E-state index in [-0.39, 0.29) is 0 Å². The van der Waals surface area contributed by atoms with Crippen LogP contribution in [0.15, 0.2) is 0 Å². The molecule has 0 radical (unpaired) electrons. The Morgan fingerprint density at radius 1 is 1.25 bits per heavy atom. The molecule has 4 unspecified atom stereocenters. The minimum Gasteiger partial charge on any atom is -0.316 e. The number of rotatable bonds is 6. The predicted molar refractivity (Wildman–Crippen MR) is 72.6 cm³/mol. The Morgan fingerprint density at radius 2 is 2.00 bits per heavy atom. The van der Waals surface area contributed by atoms with E-state index in [2.05, 4.69) is 33.0 Å². The van der Waals surface area contributed by atoms with Gasteiger partial charge >= 0.3 is 0 Å². The summed E-state index contributed by atoms with van der Waals surface area (Å²) in [5.74, 6) is 3.69. The van der Waals surface area contributed by atoms with Crippen LogP contribution in [-0.2, 0) is 0 Å². The predicted octanol–water partition coefficient (Wildman–Crippen LogP) is 4.08. The van der Waals surface area contributed by atoms with Crippen LogP contribution in [-0.4, -0.2) is 13.1 Å². The standard InChI is InChI=1S/C15H31N/c1-5-9-16-11-13(3)14(4)15-8-6-7-12(2)10-15/h12-16H,5-11H2,1-4H3. The first-order valence-corrected chi connectivity index (χ1v) is 7.35. The van der Waals surface area contributed by atoms with Gasteiger partial charge in [-0.1, -0.05) is 47.0 Å². The third kappa shape index (κ3) is 4.45. The van der Waals surface area contributed by atoms with Crippen molar-refractivity contribution in [1.82, 2.24) is 5.32 Å². The highest BCUT2D eigenvalue weighted by molar-refractivity contribution is 4.78. The van der Waals surface area contributed by atoms with Crippen molar-refractivity contribution in [3.05, 3.63) is 0 Å². The Morgan fingerprint density at radius 3 is 2.62 bits per heavy atom. The first kappa shape index (κ1) is 14.0. The summed E-state index contributed by atoms with van der Waals surface area (Å²) in [5, 5.41) is 3.57. The zero-order valence-electron chi connectivity index (χ0n) is 11.8. The van der Waals surface area contributed by atoms with Gasteiger partial charge in [0.25, 0.3) is 0 Å². The zero-order valence-corrected chi connectivity index (χ0v) is 11.8. The van der Waals surface area contributed by atoms with Gasteiger partial charge in [0.2, 0.25) is 0 Å². The van der Waals surface area contributed by atoms with Gasteiger partial charge < -0.3 is 5.32 Å². The fourth-order valence-electron chi connectivity index (χ4n) is 3.12. The van der Waals surface area contributed by atoms with Gasteiger partial charge in [0.05, 0.1) is 0 Å². The third-order valence-corrected chi connectivity index (χ3v) is 4.51. The lowest BCUT2D eigenvalue weighted by molar-refractivity contribution is 0.169. The highest BCUT2D eigenvalue weighted by atomic mass is 14.8. The summed E-state index contributed by atoms with van der Waals surface area (Å²) in [6.07, 6.45) is 7.13. The Kier molecular flexibility index (Phi) is 6.41. The average molecular weight is 225 g/mol. The third-order valence-electron chi connectivity index (χ3n) is 4.51. The molecule has 96 valence electrons. The van der Waals surface area contributed by atoms with Crippen LogP contribution in [0.25, 0.3) is 0 Å². The topological polar surface area (TPSA) is 12.0 Å². The molecule has 0 aliphatic heterocycles. The summed E-state index contributed by atoms with van der Waals surface area (Å²) < 4.78 is 0. The van der Waals surface area contributed by atoms with Crippen LogP contribution in [0, 0.1) is 23.7 Å². The van der Waals surface area contributed by atoms with Crippen LogP contribution in [0.2, 0.25) is 0 Å². The average Bonchev–Trinajstić information content (AvgIpc) is 2.28. The van der Waals surface area contributed by atoms with Crippen molar-refractivity contribution < 1.29 is 0 Å². The Balaban J connectivity index is 2.28. The van der Waals surface area contributed by atoms with E-state index in [0.29, 0.717) is 0 Å². The van der Waals surface area contributed by atoms with E-state index in [9.17, 15) is 0 Å². The summed E-state index contributed by atoms with van der Waals surface area (Å²) in [5.41, 5.74) is 0. The molecule has 0 saturated heterocycles. The van der Waals surface area contributed by atoms with Gasteiger partial charge in [-0.3, -0.25) is 0 Å². The summed E-state index contributed by atoms with van der Waals surface area (Å²) in [6.45, 7) is 12.0. The van der Waals surface area contributed by atoms with Gasteiger partial charge in [0.15, 0.2) is 0 Å². The van der Waals surface area contributed by atoms with Crippen LogP contribution in [0.3, 0.4) is 0 Å². The molecular weight excluding hydrogens is 194 g/mol. The van der Waals surface area contributed by atoms with Gasteiger partial charge in [-0.25, -0.2) is 0 Å². The molecule has 0 aromatic carbocycles. The highest BCUT2D eigenvalue weighted by Crippen LogP contribution is 2.36. The highest BCUT2D eigenvalue weighted by Gasteiger charge is 2.26. The largest absolute Gasteiger partial charge is 0.316 e. The molecular formula is C15H31N. The fraction of sp³-hybridized carbons (Fsp3) is 1.00. The number of nitrogens with one attached hydrogen (secondary N) is 1. The van der Waals surface area contributed by atoms with Gasteiger partial charge in [0.1, 0.15) is 0 Å². The molecule has 0 aromatic heterocycles. The van der Waals surface area contributed by atoms with Crippen LogP contribution in [0.1, 0.15) is 59.8 Å². The molecule has 1 aliphatic rings. The molecule has 1 rings (SSSR count). The van der Waals surface area contributed by atoms with E-state index in [1.165, 1.54) is 45.2 Å². The van der Waals surface area contributed by atoms with Crippen molar-refractivity contribution in [3.8, 4) is 0 Å². The number of hydrogen-bond donors (Lipinski definition) is 1. The van der Waals surface area contributed by atoms with E-state index in [1.54, 1.807) is 0 Å². The van der Waals surface area contributed by atoms with E-state index >= 15 is 0 Å². The van der Waals surface area contributed by atoms with Crippen molar-refractivity contribution in [3.63, 3.8) is 0 Å². The normalized spacial score (nSPS) is 30.0. The Labute approximate surface area is 102 Å². The maximum atomic E-state index is 3.57. The first-order chi connectivity index (χ1) is 7.65. The Bertz CT molecular complexity index is 178. The number of hydrogen-bond acceptors (Lipinski definition) is 1. The van der Waals surface area contributed by atoms with Crippen molar-refractivity contribution >= 4 is 0 Å². The summed E-state index contributed by atoms with van der Waals surface area (Å²) in [7, 11) is 0. The molecule has 0 heterocycles. The molecule has 0 aromatic rings. The van der Waals surface area contributed by atoms with E-state index < -0.39 is 0 Å². The zero-order chi connectivity index (χ0) is 12.0. The maximum absolute atomic E-state index is 3.57. The van der Waals surface area contributed by atoms with Crippen LogP contribution in [0.5, 0.6) is 0 Å². The monoisotopic (exact) mass is 225 g/mol. The molecule has 0 amide bonds. The summed E-state index contributed by atoms with van der Waals surface area (Å²) in [6, 6.07) is 0. The second-order valence-electron chi connectivity index (χ2n) is 6.07. The second kappa shape index (κ2) is 7.32. The summed E-state index contributed by atoms with van der Waals surface area (Å²) in [4.78, 5) is 0. The summed E-state index contributed by atoms with van der Waals surface area (Å²) >= 11 is 0. The molecule has 1 heteroatoms. The molecule has 0 spiro atoms. The van der Waals surface area contributed by atoms with Gasteiger partial charge in [-0.05, 0) is 49.6 Å². The van der Waals surface area contributed by atoms with E-state index in [4.69, 9.17) is 0 Å².